The number of aliphatic hydroxyl groups excluding tert-OH is 1. The molecule has 1 aliphatic rings. The minimum Gasteiger partial charge on any atom is -0.394 e. The molecule has 1 fully saturated rings. The predicted molar refractivity (Wildman–Crippen MR) is 60.5 cm³/mol. The van der Waals surface area contributed by atoms with Gasteiger partial charge in [0.15, 0.2) is 5.69 Å². The van der Waals surface area contributed by atoms with Crippen molar-refractivity contribution in [2.24, 2.45) is 0 Å². The van der Waals surface area contributed by atoms with Crippen LogP contribution in [0.5, 0.6) is 0 Å². The monoisotopic (exact) mass is 277 g/mol. The van der Waals surface area contributed by atoms with E-state index in [4.69, 9.17) is 4.74 Å². The number of anilines is 1. The lowest BCUT2D eigenvalue weighted by Crippen LogP contribution is -2.47. The largest absolute Gasteiger partial charge is 0.435 e. The Kier molecular flexibility index (Phi) is 3.91. The summed E-state index contributed by atoms with van der Waals surface area (Å²) in [6.45, 7) is 0.836. The van der Waals surface area contributed by atoms with Crippen molar-refractivity contribution in [2.45, 2.75) is 24.6 Å². The summed E-state index contributed by atoms with van der Waals surface area (Å²) in [6.07, 6.45) is -3.38. The Balaban J connectivity index is 2.10. The van der Waals surface area contributed by atoms with Gasteiger partial charge in [-0.1, -0.05) is 0 Å². The molecule has 106 valence electrons. The highest BCUT2D eigenvalue weighted by atomic mass is 19.4. The van der Waals surface area contributed by atoms with Crippen molar-refractivity contribution in [3.05, 3.63) is 17.8 Å². The third kappa shape index (κ3) is 3.32. The highest BCUT2D eigenvalue weighted by molar-refractivity contribution is 5.37. The summed E-state index contributed by atoms with van der Waals surface area (Å²) < 4.78 is 42.2. The predicted octanol–water partition coefficient (Wildman–Crippen LogP) is 1.45. The van der Waals surface area contributed by atoms with Gasteiger partial charge in [0.25, 0.3) is 0 Å². The molecule has 0 aromatic carbocycles. The van der Waals surface area contributed by atoms with Gasteiger partial charge in [-0.15, -0.1) is 10.2 Å². The van der Waals surface area contributed by atoms with Gasteiger partial charge in [0.1, 0.15) is 5.82 Å². The molecule has 1 saturated heterocycles. The van der Waals surface area contributed by atoms with Gasteiger partial charge >= 0.3 is 6.18 Å². The van der Waals surface area contributed by atoms with E-state index in [1.165, 1.54) is 6.07 Å². The molecule has 0 spiro atoms. The Morgan fingerprint density at radius 2 is 1.95 bits per heavy atom. The van der Waals surface area contributed by atoms with Crippen LogP contribution >= 0.6 is 0 Å². The van der Waals surface area contributed by atoms with E-state index in [1.54, 1.807) is 0 Å². The molecule has 2 N–H and O–H groups in total. The van der Waals surface area contributed by atoms with Gasteiger partial charge in [-0.05, 0) is 25.0 Å². The van der Waals surface area contributed by atoms with E-state index in [1.807, 2.05) is 0 Å². The van der Waals surface area contributed by atoms with Gasteiger partial charge in [0.05, 0.1) is 12.1 Å². The number of ether oxygens (including phenoxy) is 1. The number of nitrogens with zero attached hydrogens (tertiary/aromatic N) is 2. The highest BCUT2D eigenvalue weighted by Gasteiger charge is 2.34. The quantitative estimate of drug-likeness (QED) is 0.875. The second kappa shape index (κ2) is 5.30. The van der Waals surface area contributed by atoms with E-state index in [0.717, 1.165) is 6.07 Å². The third-order valence-electron chi connectivity index (χ3n) is 3.10. The number of hydrogen-bond donors (Lipinski definition) is 2. The fraction of sp³-hybridized carbons (Fsp3) is 0.636. The third-order valence-corrected chi connectivity index (χ3v) is 3.10. The second-order valence-corrected chi connectivity index (χ2v) is 4.48. The summed E-state index contributed by atoms with van der Waals surface area (Å²) >= 11 is 0. The van der Waals surface area contributed by atoms with Gasteiger partial charge < -0.3 is 15.2 Å². The van der Waals surface area contributed by atoms with Crippen LogP contribution in [0.2, 0.25) is 0 Å². The topological polar surface area (TPSA) is 67.3 Å². The molecule has 2 rings (SSSR count). The molecular formula is C11H14F3N3O2. The molecule has 19 heavy (non-hydrogen) atoms. The number of aliphatic hydroxyl groups is 1. The molecule has 1 aliphatic heterocycles. The molecule has 1 aromatic heterocycles. The van der Waals surface area contributed by atoms with E-state index in [2.05, 4.69) is 15.5 Å². The summed E-state index contributed by atoms with van der Waals surface area (Å²) in [6, 6.07) is 2.07. The van der Waals surface area contributed by atoms with Crippen LogP contribution in [0.25, 0.3) is 0 Å². The summed E-state index contributed by atoms with van der Waals surface area (Å²) in [4.78, 5) is 0. The Hall–Kier alpha value is -1.41. The number of aromatic nitrogens is 2. The van der Waals surface area contributed by atoms with Gasteiger partial charge in [-0.2, -0.15) is 13.2 Å². The molecular weight excluding hydrogens is 263 g/mol. The minimum atomic E-state index is -4.50. The van der Waals surface area contributed by atoms with Crippen LogP contribution < -0.4 is 5.32 Å². The Labute approximate surface area is 107 Å². The average Bonchev–Trinajstić information content (AvgIpc) is 2.39. The first kappa shape index (κ1) is 14.0. The Bertz CT molecular complexity index is 416. The van der Waals surface area contributed by atoms with E-state index in [0.29, 0.717) is 26.1 Å². The van der Waals surface area contributed by atoms with Crippen LogP contribution in [0.1, 0.15) is 18.5 Å². The van der Waals surface area contributed by atoms with Crippen molar-refractivity contribution in [3.8, 4) is 0 Å². The SMILES string of the molecule is OCC1(Nc2ccc(C(F)(F)F)nn2)CCOCC1. The highest BCUT2D eigenvalue weighted by Crippen LogP contribution is 2.28. The molecule has 0 atom stereocenters. The zero-order chi connectivity index (χ0) is 13.9. The van der Waals surface area contributed by atoms with E-state index in [9.17, 15) is 18.3 Å². The number of rotatable bonds is 3. The zero-order valence-corrected chi connectivity index (χ0v) is 10.1. The lowest BCUT2D eigenvalue weighted by molar-refractivity contribution is -0.141. The molecule has 5 nitrogen and oxygen atoms in total. The summed E-state index contributed by atoms with van der Waals surface area (Å²) in [5.41, 5.74) is -1.64. The van der Waals surface area contributed by atoms with Crippen molar-refractivity contribution in [1.82, 2.24) is 10.2 Å². The van der Waals surface area contributed by atoms with Crippen LogP contribution in [-0.2, 0) is 10.9 Å². The molecule has 0 radical (unpaired) electrons. The summed E-state index contributed by atoms with van der Waals surface area (Å²) in [7, 11) is 0. The summed E-state index contributed by atoms with van der Waals surface area (Å²) in [5.74, 6) is 0.212. The molecule has 2 heterocycles. The van der Waals surface area contributed by atoms with Crippen LogP contribution in [0.3, 0.4) is 0 Å². The molecule has 0 amide bonds. The average molecular weight is 277 g/mol. The molecule has 8 heteroatoms. The first-order valence-electron chi connectivity index (χ1n) is 5.83. The first-order valence-corrected chi connectivity index (χ1v) is 5.83. The smallest absolute Gasteiger partial charge is 0.394 e. The normalized spacial score (nSPS) is 19.2. The van der Waals surface area contributed by atoms with Gasteiger partial charge in [0.2, 0.25) is 0 Å². The molecule has 1 aromatic rings. The van der Waals surface area contributed by atoms with Crippen LogP contribution in [-0.4, -0.2) is 40.7 Å². The maximum Gasteiger partial charge on any atom is 0.435 e. The standard InChI is InChI=1S/C11H14F3N3O2/c12-11(13,14)8-1-2-9(17-16-8)15-10(7-18)3-5-19-6-4-10/h1-2,18H,3-7H2,(H,15,17). The number of hydrogen-bond acceptors (Lipinski definition) is 5. The lowest BCUT2D eigenvalue weighted by atomic mass is 9.91. The fourth-order valence-electron chi connectivity index (χ4n) is 1.91. The maximum absolute atomic E-state index is 12.3. The van der Waals surface area contributed by atoms with Crippen molar-refractivity contribution in [1.29, 1.82) is 0 Å². The minimum absolute atomic E-state index is 0.140. The number of nitrogens with one attached hydrogen (secondary N) is 1. The maximum atomic E-state index is 12.3. The van der Waals surface area contributed by atoms with E-state index in [-0.39, 0.29) is 12.4 Å². The number of alkyl halides is 3. The van der Waals surface area contributed by atoms with E-state index >= 15 is 0 Å². The van der Waals surface area contributed by atoms with Crippen molar-refractivity contribution in [2.75, 3.05) is 25.1 Å². The molecule has 0 aliphatic carbocycles. The fourth-order valence-corrected chi connectivity index (χ4v) is 1.91. The molecule has 0 saturated carbocycles. The van der Waals surface area contributed by atoms with Crippen LogP contribution in [0.4, 0.5) is 19.0 Å². The Morgan fingerprint density at radius 1 is 1.26 bits per heavy atom. The van der Waals surface area contributed by atoms with Crippen molar-refractivity contribution in [3.63, 3.8) is 0 Å². The van der Waals surface area contributed by atoms with Crippen LogP contribution in [0, 0.1) is 0 Å². The second-order valence-electron chi connectivity index (χ2n) is 4.48. The van der Waals surface area contributed by atoms with Crippen molar-refractivity contribution >= 4 is 5.82 Å². The first-order chi connectivity index (χ1) is 8.95. The van der Waals surface area contributed by atoms with Crippen LogP contribution in [0.15, 0.2) is 12.1 Å². The zero-order valence-electron chi connectivity index (χ0n) is 10.1. The summed E-state index contributed by atoms with van der Waals surface area (Å²) in [5, 5.41) is 19.0. The molecule has 0 unspecified atom stereocenters. The van der Waals surface area contributed by atoms with Gasteiger partial charge in [0, 0.05) is 13.2 Å². The van der Waals surface area contributed by atoms with Gasteiger partial charge in [-0.25, -0.2) is 0 Å². The molecule has 0 bridgehead atoms. The van der Waals surface area contributed by atoms with E-state index < -0.39 is 17.4 Å². The number of halogens is 3. The van der Waals surface area contributed by atoms with Gasteiger partial charge in [-0.3, -0.25) is 0 Å². The Morgan fingerprint density at radius 3 is 2.42 bits per heavy atom. The lowest BCUT2D eigenvalue weighted by Gasteiger charge is -2.36. The van der Waals surface area contributed by atoms with Crippen molar-refractivity contribution < 1.29 is 23.0 Å².